The first-order valence-corrected chi connectivity index (χ1v) is 13.3. The predicted molar refractivity (Wildman–Crippen MR) is 136 cm³/mol. The van der Waals surface area contributed by atoms with Crippen LogP contribution in [0.4, 0.5) is 0 Å². The first-order chi connectivity index (χ1) is 16.1. The van der Waals surface area contributed by atoms with E-state index >= 15 is 0 Å². The Morgan fingerprint density at radius 1 is 0.727 bits per heavy atom. The number of aliphatic hydroxyl groups is 2. The van der Waals surface area contributed by atoms with Crippen molar-refractivity contribution in [3.63, 3.8) is 0 Å². The molecule has 1 atom stereocenters. The molecule has 0 aliphatic rings. The minimum Gasteiger partial charge on any atom is -0.455 e. The Hall–Kier alpha value is -1.59. The maximum Gasteiger partial charge on any atom is 0.308 e. The van der Waals surface area contributed by atoms with Gasteiger partial charge in [-0.05, 0) is 18.6 Å². The van der Waals surface area contributed by atoms with E-state index in [4.69, 9.17) is 19.7 Å². The van der Waals surface area contributed by atoms with E-state index in [2.05, 4.69) is 6.92 Å². The van der Waals surface area contributed by atoms with Gasteiger partial charge in [-0.25, -0.2) is 0 Å². The van der Waals surface area contributed by atoms with Gasteiger partial charge in [0.15, 0.2) is 0 Å². The Morgan fingerprint density at radius 3 is 1.58 bits per heavy atom. The molecular weight excluding hydrogens is 416 g/mol. The van der Waals surface area contributed by atoms with Crippen molar-refractivity contribution in [2.45, 2.75) is 123 Å². The van der Waals surface area contributed by atoms with Gasteiger partial charge in [-0.1, -0.05) is 115 Å². The van der Waals surface area contributed by atoms with E-state index in [-0.39, 0.29) is 19.2 Å². The molecule has 0 heterocycles. The van der Waals surface area contributed by atoms with E-state index < -0.39 is 6.29 Å². The van der Waals surface area contributed by atoms with Crippen LogP contribution in [0.15, 0.2) is 30.3 Å². The number of ether oxygens (including phenoxy) is 2. The molecule has 0 fully saturated rings. The normalized spacial score (nSPS) is 11.4. The lowest BCUT2D eigenvalue weighted by Gasteiger charge is -2.15. The molecule has 5 nitrogen and oxygen atoms in total. The van der Waals surface area contributed by atoms with Crippen LogP contribution in [-0.4, -0.2) is 35.7 Å². The molecule has 1 aromatic rings. The molecule has 5 heteroatoms. The van der Waals surface area contributed by atoms with Gasteiger partial charge in [0.05, 0.1) is 13.2 Å². The molecule has 0 amide bonds. The summed E-state index contributed by atoms with van der Waals surface area (Å²) in [7, 11) is 0. The first-order valence-electron chi connectivity index (χ1n) is 13.3. The zero-order valence-electron chi connectivity index (χ0n) is 21.3. The molecule has 0 bridgehead atoms. The average Bonchev–Trinajstić information content (AvgIpc) is 2.82. The predicted octanol–water partition coefficient (Wildman–Crippen LogP) is 7.19. The molecule has 2 N–H and O–H groups in total. The molecule has 1 unspecified atom stereocenters. The minimum atomic E-state index is -0.541. The molecule has 0 aliphatic heterocycles. The van der Waals surface area contributed by atoms with Gasteiger partial charge >= 0.3 is 5.97 Å². The average molecular weight is 467 g/mol. The third-order valence-electron chi connectivity index (χ3n) is 5.43. The van der Waals surface area contributed by atoms with E-state index in [1.54, 1.807) is 6.92 Å². The molecule has 0 radical (unpaired) electrons. The quantitative estimate of drug-likeness (QED) is 0.121. The van der Waals surface area contributed by atoms with Gasteiger partial charge in [-0.3, -0.25) is 4.79 Å². The Labute approximate surface area is 202 Å². The molecule has 0 aromatic heterocycles. The van der Waals surface area contributed by atoms with Crippen LogP contribution >= 0.6 is 0 Å². The largest absolute Gasteiger partial charge is 0.455 e. The van der Waals surface area contributed by atoms with Crippen LogP contribution in [0.1, 0.15) is 117 Å². The fourth-order valence-electron chi connectivity index (χ4n) is 3.60. The maximum atomic E-state index is 11.9. The van der Waals surface area contributed by atoms with E-state index in [0.717, 1.165) is 18.6 Å². The second kappa shape index (κ2) is 25.0. The summed E-state index contributed by atoms with van der Waals surface area (Å²) in [5, 5.41) is 15.2. The van der Waals surface area contributed by atoms with Gasteiger partial charge in [0.1, 0.15) is 5.75 Å². The number of aliphatic hydroxyl groups excluding tert-OH is 2. The van der Waals surface area contributed by atoms with Crippen LogP contribution in [0.2, 0.25) is 0 Å². The van der Waals surface area contributed by atoms with Crippen molar-refractivity contribution in [3.05, 3.63) is 30.3 Å². The third kappa shape index (κ3) is 23.4. The molecule has 1 aromatic carbocycles. The Bertz CT molecular complexity index is 518. The lowest BCUT2D eigenvalue weighted by atomic mass is 10.0. The number of para-hydroxylation sites is 1. The number of carbonyl (C=O) groups excluding carboxylic acids is 1. The Kier molecular flexibility index (Phi) is 23.8. The molecule has 192 valence electrons. The summed E-state index contributed by atoms with van der Waals surface area (Å²) in [6.07, 6.45) is 19.9. The van der Waals surface area contributed by atoms with Crippen molar-refractivity contribution in [1.82, 2.24) is 0 Å². The van der Waals surface area contributed by atoms with Gasteiger partial charge in [-0.15, -0.1) is 0 Å². The summed E-state index contributed by atoms with van der Waals surface area (Å²) < 4.78 is 10.9. The van der Waals surface area contributed by atoms with Crippen molar-refractivity contribution < 1.29 is 24.5 Å². The standard InChI is InChI=1S/C26H44O3.C2H6O2/c1-3-4-5-6-7-8-9-10-11-12-13-14-15-16-20-23-26(27)29-24(2)28-25-21-18-17-19-22-25;3-1-2-4/h17-19,21-22,24H,3-16,20,23H2,1-2H3;3-4H,1-2H2. The fourth-order valence-corrected chi connectivity index (χ4v) is 3.60. The van der Waals surface area contributed by atoms with Crippen LogP contribution in [0, 0.1) is 0 Å². The van der Waals surface area contributed by atoms with Crippen LogP contribution in [0.3, 0.4) is 0 Å². The van der Waals surface area contributed by atoms with Crippen LogP contribution in [-0.2, 0) is 9.53 Å². The van der Waals surface area contributed by atoms with Crippen molar-refractivity contribution in [2.24, 2.45) is 0 Å². The van der Waals surface area contributed by atoms with Gasteiger partial charge in [-0.2, -0.15) is 0 Å². The SMILES string of the molecule is CCCCCCCCCCCCCCCCCC(=O)OC(C)Oc1ccccc1.OCCO. The summed E-state index contributed by atoms with van der Waals surface area (Å²) in [6.45, 7) is 3.79. The molecule has 0 saturated carbocycles. The smallest absolute Gasteiger partial charge is 0.308 e. The number of rotatable bonds is 20. The van der Waals surface area contributed by atoms with E-state index in [1.165, 1.54) is 83.5 Å². The van der Waals surface area contributed by atoms with Crippen molar-refractivity contribution in [3.8, 4) is 5.75 Å². The zero-order valence-corrected chi connectivity index (χ0v) is 21.3. The lowest BCUT2D eigenvalue weighted by molar-refractivity contribution is -0.161. The summed E-state index contributed by atoms with van der Waals surface area (Å²) in [6, 6.07) is 9.46. The number of hydrogen-bond donors (Lipinski definition) is 2. The fraction of sp³-hybridized carbons (Fsp3) is 0.750. The zero-order chi connectivity index (χ0) is 24.4. The number of carbonyl (C=O) groups is 1. The molecule has 0 saturated heterocycles. The summed E-state index contributed by atoms with van der Waals surface area (Å²) in [4.78, 5) is 11.9. The number of esters is 1. The Balaban J connectivity index is 0.00000235. The van der Waals surface area contributed by atoms with Gasteiger partial charge < -0.3 is 19.7 Å². The van der Waals surface area contributed by atoms with Gasteiger partial charge in [0, 0.05) is 13.3 Å². The molecule has 0 spiro atoms. The molecular formula is C28H50O5. The molecule has 1 rings (SSSR count). The number of hydrogen-bond acceptors (Lipinski definition) is 5. The van der Waals surface area contributed by atoms with Crippen LogP contribution < -0.4 is 4.74 Å². The molecule has 33 heavy (non-hydrogen) atoms. The van der Waals surface area contributed by atoms with E-state index in [9.17, 15) is 4.79 Å². The number of benzene rings is 1. The van der Waals surface area contributed by atoms with Crippen molar-refractivity contribution in [2.75, 3.05) is 13.2 Å². The highest BCUT2D eigenvalue weighted by Gasteiger charge is 2.10. The first kappa shape index (κ1) is 31.4. The Morgan fingerprint density at radius 2 is 1.15 bits per heavy atom. The summed E-state index contributed by atoms with van der Waals surface area (Å²) in [5.41, 5.74) is 0. The second-order valence-corrected chi connectivity index (χ2v) is 8.64. The lowest BCUT2D eigenvalue weighted by Crippen LogP contribution is -2.20. The van der Waals surface area contributed by atoms with Gasteiger partial charge in [0.25, 0.3) is 0 Å². The van der Waals surface area contributed by atoms with Crippen LogP contribution in [0.5, 0.6) is 5.75 Å². The van der Waals surface area contributed by atoms with Gasteiger partial charge in [0.2, 0.25) is 6.29 Å². The minimum absolute atomic E-state index is 0.125. The van der Waals surface area contributed by atoms with Crippen LogP contribution in [0.25, 0.3) is 0 Å². The summed E-state index contributed by atoms with van der Waals surface area (Å²) >= 11 is 0. The topological polar surface area (TPSA) is 76.0 Å². The second-order valence-electron chi connectivity index (χ2n) is 8.64. The van der Waals surface area contributed by atoms with E-state index in [1.807, 2.05) is 30.3 Å². The highest BCUT2D eigenvalue weighted by molar-refractivity contribution is 5.69. The maximum absolute atomic E-state index is 11.9. The van der Waals surface area contributed by atoms with Crippen molar-refractivity contribution in [1.29, 1.82) is 0 Å². The summed E-state index contributed by atoms with van der Waals surface area (Å²) in [5.74, 6) is 0.558. The highest BCUT2D eigenvalue weighted by Crippen LogP contribution is 2.15. The highest BCUT2D eigenvalue weighted by atomic mass is 16.7. The van der Waals surface area contributed by atoms with Crippen molar-refractivity contribution >= 4 is 5.97 Å². The molecule has 0 aliphatic carbocycles. The number of unbranched alkanes of at least 4 members (excludes halogenated alkanes) is 14. The van der Waals surface area contributed by atoms with E-state index in [0.29, 0.717) is 6.42 Å². The third-order valence-corrected chi connectivity index (χ3v) is 5.43. The monoisotopic (exact) mass is 466 g/mol.